The third-order valence-corrected chi connectivity index (χ3v) is 3.32. The average Bonchev–Trinajstić information content (AvgIpc) is 2.11. The number of hydrogen-bond acceptors (Lipinski definition) is 2. The van der Waals surface area contributed by atoms with E-state index in [0.29, 0.717) is 9.13 Å². The summed E-state index contributed by atoms with van der Waals surface area (Å²) in [4.78, 5) is 10.3. The Morgan fingerprint density at radius 2 is 1.86 bits per heavy atom. The maximum atomic E-state index is 10.3. The molecule has 0 saturated heterocycles. The highest BCUT2D eigenvalue weighted by molar-refractivity contribution is 14.1. The number of carboxylic acids is 1. The van der Waals surface area contributed by atoms with Crippen molar-refractivity contribution in [2.75, 3.05) is 0 Å². The highest BCUT2D eigenvalue weighted by Crippen LogP contribution is 2.29. The zero-order valence-corrected chi connectivity index (χ0v) is 11.2. The van der Waals surface area contributed by atoms with Gasteiger partial charge in [0.15, 0.2) is 0 Å². The molecule has 1 aromatic carbocycles. The predicted octanol–water partition coefficient (Wildman–Crippen LogP) is 2.70. The van der Waals surface area contributed by atoms with Gasteiger partial charge in [0.2, 0.25) is 0 Å². The summed E-state index contributed by atoms with van der Waals surface area (Å²) >= 11 is 4.03. The fraction of sp³-hybridized carbons (Fsp3) is 0. The van der Waals surface area contributed by atoms with Gasteiger partial charge in [0, 0.05) is 15.2 Å². The molecule has 3 nitrogen and oxygen atoms in total. The van der Waals surface area contributed by atoms with Gasteiger partial charge in [-0.2, -0.15) is 0 Å². The highest BCUT2D eigenvalue weighted by Gasteiger charge is 2.06. The van der Waals surface area contributed by atoms with E-state index in [4.69, 9.17) is 5.11 Å². The molecule has 0 radical (unpaired) electrons. The van der Waals surface area contributed by atoms with Gasteiger partial charge in [-0.25, -0.2) is 4.79 Å². The number of phenolic OH excluding ortho intramolecular Hbond substituents is 1. The number of halogens is 2. The first-order valence-corrected chi connectivity index (χ1v) is 5.76. The Kier molecular flexibility index (Phi) is 4.17. The second kappa shape index (κ2) is 4.96. The Morgan fingerprint density at radius 1 is 1.29 bits per heavy atom. The minimum absolute atomic E-state index is 0.120. The van der Waals surface area contributed by atoms with Gasteiger partial charge >= 0.3 is 5.97 Å². The van der Waals surface area contributed by atoms with Crippen LogP contribution in [0.5, 0.6) is 5.75 Å². The predicted molar refractivity (Wildman–Crippen MR) is 70.2 cm³/mol. The van der Waals surface area contributed by atoms with Crippen LogP contribution < -0.4 is 0 Å². The van der Waals surface area contributed by atoms with Crippen LogP contribution in [0.15, 0.2) is 18.2 Å². The van der Waals surface area contributed by atoms with Gasteiger partial charge in [-0.3, -0.25) is 0 Å². The molecule has 74 valence electrons. The van der Waals surface area contributed by atoms with E-state index in [-0.39, 0.29) is 5.75 Å². The van der Waals surface area contributed by atoms with Crippen LogP contribution in [0, 0.1) is 7.14 Å². The number of phenols is 1. The van der Waals surface area contributed by atoms with Crippen LogP contribution in [0.4, 0.5) is 0 Å². The lowest BCUT2D eigenvalue weighted by Crippen LogP contribution is -1.89. The Hall–Kier alpha value is -0.310. The second-order valence-corrected chi connectivity index (χ2v) is 4.79. The van der Waals surface area contributed by atoms with E-state index in [0.717, 1.165) is 9.65 Å². The van der Waals surface area contributed by atoms with Crippen LogP contribution in [0.3, 0.4) is 0 Å². The number of aliphatic carboxylic acids is 1. The molecule has 1 aromatic rings. The Morgan fingerprint density at radius 3 is 2.43 bits per heavy atom. The SMILES string of the molecule is O=C(O)/C=C/c1c(I)ccc(I)c1O. The average molecular weight is 416 g/mol. The first-order valence-electron chi connectivity index (χ1n) is 3.60. The monoisotopic (exact) mass is 416 g/mol. The van der Waals surface area contributed by atoms with E-state index in [9.17, 15) is 9.90 Å². The molecule has 2 N–H and O–H groups in total. The smallest absolute Gasteiger partial charge is 0.328 e. The Labute approximate surface area is 108 Å². The number of hydrogen-bond donors (Lipinski definition) is 2. The third-order valence-electron chi connectivity index (χ3n) is 1.51. The second-order valence-electron chi connectivity index (χ2n) is 2.46. The van der Waals surface area contributed by atoms with Crippen LogP contribution in [0.25, 0.3) is 6.08 Å². The molecule has 0 aliphatic carbocycles. The number of carbonyl (C=O) groups is 1. The minimum Gasteiger partial charge on any atom is -0.506 e. The minimum atomic E-state index is -1.03. The van der Waals surface area contributed by atoms with E-state index in [1.807, 2.05) is 51.2 Å². The fourth-order valence-electron chi connectivity index (χ4n) is 0.870. The van der Waals surface area contributed by atoms with E-state index in [2.05, 4.69) is 0 Å². The molecular weight excluding hydrogens is 410 g/mol. The molecule has 0 unspecified atom stereocenters. The summed E-state index contributed by atoms with van der Waals surface area (Å²) in [6.07, 6.45) is 2.40. The molecule has 0 fully saturated rings. The van der Waals surface area contributed by atoms with Crippen molar-refractivity contribution in [2.45, 2.75) is 0 Å². The van der Waals surface area contributed by atoms with Crippen LogP contribution in [0.1, 0.15) is 5.56 Å². The van der Waals surface area contributed by atoms with Crippen molar-refractivity contribution in [2.24, 2.45) is 0 Å². The van der Waals surface area contributed by atoms with Crippen molar-refractivity contribution in [3.63, 3.8) is 0 Å². The molecule has 0 spiro atoms. The van der Waals surface area contributed by atoms with Crippen molar-refractivity contribution >= 4 is 57.2 Å². The largest absolute Gasteiger partial charge is 0.506 e. The fourth-order valence-corrected chi connectivity index (χ4v) is 1.96. The summed E-state index contributed by atoms with van der Waals surface area (Å²) in [6.45, 7) is 0. The van der Waals surface area contributed by atoms with Gasteiger partial charge in [0.1, 0.15) is 5.75 Å². The van der Waals surface area contributed by atoms with Gasteiger partial charge < -0.3 is 10.2 Å². The standard InChI is InChI=1S/C9H6I2O3/c10-6-2-3-7(11)9(14)5(6)1-4-8(12)13/h1-4,14H,(H,12,13)/b4-1+. The first kappa shape index (κ1) is 11.8. The van der Waals surface area contributed by atoms with E-state index < -0.39 is 5.97 Å². The number of rotatable bonds is 2. The molecule has 0 aromatic heterocycles. The number of carboxylic acid groups (broad SMARTS) is 1. The number of aromatic hydroxyl groups is 1. The molecule has 0 atom stereocenters. The molecule has 0 aliphatic heterocycles. The summed E-state index contributed by atoms with van der Waals surface area (Å²) in [5.74, 6) is -0.908. The van der Waals surface area contributed by atoms with Crippen molar-refractivity contribution in [3.8, 4) is 5.75 Å². The summed E-state index contributed by atoms with van der Waals surface area (Å²) in [5, 5.41) is 18.1. The molecule has 0 aliphatic rings. The van der Waals surface area contributed by atoms with Crippen LogP contribution in [-0.2, 0) is 4.79 Å². The zero-order chi connectivity index (χ0) is 10.7. The third kappa shape index (κ3) is 2.84. The molecule has 0 amide bonds. The van der Waals surface area contributed by atoms with E-state index in [1.165, 1.54) is 6.08 Å². The lowest BCUT2D eigenvalue weighted by Gasteiger charge is -2.03. The summed E-state index contributed by atoms with van der Waals surface area (Å²) in [6, 6.07) is 3.60. The van der Waals surface area contributed by atoms with Gasteiger partial charge in [0.05, 0.1) is 3.57 Å². The maximum absolute atomic E-state index is 10.3. The van der Waals surface area contributed by atoms with Crippen molar-refractivity contribution in [1.29, 1.82) is 0 Å². The van der Waals surface area contributed by atoms with E-state index in [1.54, 1.807) is 6.07 Å². The zero-order valence-electron chi connectivity index (χ0n) is 6.87. The van der Waals surface area contributed by atoms with Gasteiger partial charge in [-0.1, -0.05) is 0 Å². The van der Waals surface area contributed by atoms with Crippen LogP contribution in [-0.4, -0.2) is 16.2 Å². The molecule has 5 heteroatoms. The van der Waals surface area contributed by atoms with E-state index >= 15 is 0 Å². The highest BCUT2D eigenvalue weighted by atomic mass is 127. The molecule has 0 saturated carbocycles. The Balaban J connectivity index is 3.19. The molecule has 1 rings (SSSR count). The lowest BCUT2D eigenvalue weighted by molar-refractivity contribution is -0.131. The van der Waals surface area contributed by atoms with Crippen molar-refractivity contribution in [1.82, 2.24) is 0 Å². The van der Waals surface area contributed by atoms with Gasteiger partial charge in [-0.05, 0) is 63.4 Å². The van der Waals surface area contributed by atoms with Gasteiger partial charge in [0.25, 0.3) is 0 Å². The summed E-state index contributed by atoms with van der Waals surface area (Å²) < 4.78 is 1.52. The molecular formula is C9H6I2O3. The molecule has 14 heavy (non-hydrogen) atoms. The van der Waals surface area contributed by atoms with Crippen molar-refractivity contribution in [3.05, 3.63) is 30.9 Å². The Bertz CT molecular complexity index is 399. The normalized spacial score (nSPS) is 10.7. The van der Waals surface area contributed by atoms with Crippen LogP contribution >= 0.6 is 45.2 Å². The van der Waals surface area contributed by atoms with Gasteiger partial charge in [-0.15, -0.1) is 0 Å². The molecule has 0 bridgehead atoms. The maximum Gasteiger partial charge on any atom is 0.328 e. The number of benzene rings is 1. The summed E-state index contributed by atoms with van der Waals surface area (Å²) in [5.41, 5.74) is 0.542. The quantitative estimate of drug-likeness (QED) is 0.576. The molecule has 0 heterocycles. The summed E-state index contributed by atoms with van der Waals surface area (Å²) in [7, 11) is 0. The van der Waals surface area contributed by atoms with Crippen LogP contribution in [0.2, 0.25) is 0 Å². The lowest BCUT2D eigenvalue weighted by atomic mass is 10.2. The van der Waals surface area contributed by atoms with Crippen molar-refractivity contribution < 1.29 is 15.0 Å². The topological polar surface area (TPSA) is 57.5 Å². The first-order chi connectivity index (χ1) is 6.52.